The molecule has 1 rings (SSSR count). The molecule has 0 aliphatic rings. The number of aromatic nitrogens is 1. The number of rotatable bonds is 4. The number of aryl methyl sites for hydroxylation is 1. The van der Waals surface area contributed by atoms with E-state index in [4.69, 9.17) is 0 Å². The van der Waals surface area contributed by atoms with Crippen LogP contribution in [0.1, 0.15) is 44.1 Å². The fourth-order valence-electron chi connectivity index (χ4n) is 1.34. The van der Waals surface area contributed by atoms with Crippen LogP contribution in [0.5, 0.6) is 0 Å². The average Bonchev–Trinajstić information content (AvgIpc) is 2.18. The lowest BCUT2D eigenvalue weighted by Gasteiger charge is -2.14. The normalized spacial score (nSPS) is 15.1. The van der Waals surface area contributed by atoms with Crippen molar-refractivity contribution in [2.24, 2.45) is 5.92 Å². The Balaban J connectivity index is 2.60. The van der Waals surface area contributed by atoms with E-state index >= 15 is 0 Å². The molecule has 0 spiro atoms. The van der Waals surface area contributed by atoms with Gasteiger partial charge in [0.1, 0.15) is 0 Å². The molecule has 0 saturated carbocycles. The van der Waals surface area contributed by atoms with Crippen molar-refractivity contribution in [2.75, 3.05) is 0 Å². The fourth-order valence-corrected chi connectivity index (χ4v) is 1.34. The molecule has 1 heterocycles. The molecule has 0 aromatic carbocycles. The molecule has 1 aromatic rings. The summed E-state index contributed by atoms with van der Waals surface area (Å²) >= 11 is 0. The Morgan fingerprint density at radius 3 is 2.64 bits per heavy atom. The smallest absolute Gasteiger partial charge is 0.0962 e. The Kier molecular flexibility index (Phi) is 4.08. The molecule has 0 amide bonds. The Bertz CT molecular complexity index is 268. The van der Waals surface area contributed by atoms with Crippen molar-refractivity contribution in [3.05, 3.63) is 29.6 Å². The lowest BCUT2D eigenvalue weighted by molar-refractivity contribution is 0.142. The van der Waals surface area contributed by atoms with Crippen LogP contribution in [0.25, 0.3) is 0 Å². The zero-order chi connectivity index (χ0) is 10.6. The van der Waals surface area contributed by atoms with Gasteiger partial charge in [-0.2, -0.15) is 0 Å². The van der Waals surface area contributed by atoms with Crippen molar-refractivity contribution in [3.8, 4) is 0 Å². The summed E-state index contributed by atoms with van der Waals surface area (Å²) in [5.41, 5.74) is 1.92. The Hall–Kier alpha value is -0.890. The number of aliphatic hydroxyl groups is 1. The number of nitrogens with zero attached hydrogens (tertiary/aromatic N) is 1. The van der Waals surface area contributed by atoms with Crippen LogP contribution >= 0.6 is 0 Å². The minimum atomic E-state index is -0.412. The van der Waals surface area contributed by atoms with Crippen molar-refractivity contribution in [3.63, 3.8) is 0 Å². The standard InChI is InChI=1S/C12H19NO/c1-4-9(2)7-12(14)11-6-5-10(3)8-13-11/h5-6,8-9,12,14H,4,7H2,1-3H3. The van der Waals surface area contributed by atoms with Gasteiger partial charge in [0.15, 0.2) is 0 Å². The summed E-state index contributed by atoms with van der Waals surface area (Å²) in [5.74, 6) is 0.549. The molecule has 0 fully saturated rings. The van der Waals surface area contributed by atoms with Gasteiger partial charge in [-0.15, -0.1) is 0 Å². The summed E-state index contributed by atoms with van der Waals surface area (Å²) in [6.45, 7) is 6.29. The van der Waals surface area contributed by atoms with E-state index in [1.165, 1.54) is 0 Å². The minimum Gasteiger partial charge on any atom is -0.387 e. The minimum absolute atomic E-state index is 0.412. The van der Waals surface area contributed by atoms with E-state index in [9.17, 15) is 5.11 Å². The molecular formula is C12H19NO. The third-order valence-electron chi connectivity index (χ3n) is 2.60. The summed E-state index contributed by atoms with van der Waals surface area (Å²) in [4.78, 5) is 4.22. The van der Waals surface area contributed by atoms with Gasteiger partial charge in [-0.3, -0.25) is 4.98 Å². The largest absolute Gasteiger partial charge is 0.387 e. The lowest BCUT2D eigenvalue weighted by Crippen LogP contribution is -2.05. The van der Waals surface area contributed by atoms with Gasteiger partial charge >= 0.3 is 0 Å². The second-order valence-electron chi connectivity index (χ2n) is 4.03. The van der Waals surface area contributed by atoms with Gasteiger partial charge in [0.05, 0.1) is 11.8 Å². The quantitative estimate of drug-likeness (QED) is 0.797. The summed E-state index contributed by atoms with van der Waals surface area (Å²) in [6.07, 6.45) is 3.29. The highest BCUT2D eigenvalue weighted by molar-refractivity contribution is 5.13. The molecule has 2 heteroatoms. The van der Waals surface area contributed by atoms with E-state index in [2.05, 4.69) is 18.8 Å². The van der Waals surface area contributed by atoms with Gasteiger partial charge in [-0.25, -0.2) is 0 Å². The van der Waals surface area contributed by atoms with Gasteiger partial charge in [-0.1, -0.05) is 26.3 Å². The maximum Gasteiger partial charge on any atom is 0.0962 e. The van der Waals surface area contributed by atoms with Crippen molar-refractivity contribution in [1.82, 2.24) is 4.98 Å². The molecule has 0 aliphatic heterocycles. The highest BCUT2D eigenvalue weighted by Crippen LogP contribution is 2.21. The van der Waals surface area contributed by atoms with Crippen LogP contribution in [0.4, 0.5) is 0 Å². The van der Waals surface area contributed by atoms with E-state index in [1.807, 2.05) is 19.1 Å². The molecule has 1 aromatic heterocycles. The van der Waals surface area contributed by atoms with Gasteiger partial charge in [0.2, 0.25) is 0 Å². The van der Waals surface area contributed by atoms with Gasteiger partial charge in [-0.05, 0) is 30.9 Å². The summed E-state index contributed by atoms with van der Waals surface area (Å²) in [6, 6.07) is 3.89. The van der Waals surface area contributed by atoms with Crippen molar-refractivity contribution in [2.45, 2.75) is 39.7 Å². The zero-order valence-corrected chi connectivity index (χ0v) is 9.20. The molecule has 0 radical (unpaired) electrons. The Morgan fingerprint density at radius 2 is 2.14 bits per heavy atom. The predicted molar refractivity (Wildman–Crippen MR) is 58.0 cm³/mol. The van der Waals surface area contributed by atoms with Crippen molar-refractivity contribution >= 4 is 0 Å². The second kappa shape index (κ2) is 5.11. The summed E-state index contributed by atoms with van der Waals surface area (Å²) in [7, 11) is 0. The molecular weight excluding hydrogens is 174 g/mol. The number of hydrogen-bond donors (Lipinski definition) is 1. The zero-order valence-electron chi connectivity index (χ0n) is 9.20. The average molecular weight is 193 g/mol. The molecule has 78 valence electrons. The fraction of sp³-hybridized carbons (Fsp3) is 0.583. The van der Waals surface area contributed by atoms with Crippen LogP contribution in [-0.4, -0.2) is 10.1 Å². The van der Waals surface area contributed by atoms with Crippen LogP contribution in [0.3, 0.4) is 0 Å². The van der Waals surface area contributed by atoms with E-state index in [-0.39, 0.29) is 0 Å². The number of pyridine rings is 1. The summed E-state index contributed by atoms with van der Waals surface area (Å²) < 4.78 is 0. The third-order valence-corrected chi connectivity index (χ3v) is 2.60. The van der Waals surface area contributed by atoms with Gasteiger partial charge < -0.3 is 5.11 Å². The Labute approximate surface area is 86.0 Å². The van der Waals surface area contributed by atoms with Crippen LogP contribution in [0.15, 0.2) is 18.3 Å². The summed E-state index contributed by atoms with van der Waals surface area (Å²) in [5, 5.41) is 9.85. The second-order valence-corrected chi connectivity index (χ2v) is 4.03. The molecule has 0 bridgehead atoms. The van der Waals surface area contributed by atoms with E-state index in [1.54, 1.807) is 6.20 Å². The van der Waals surface area contributed by atoms with Gasteiger partial charge in [0.25, 0.3) is 0 Å². The van der Waals surface area contributed by atoms with Gasteiger partial charge in [0, 0.05) is 6.20 Å². The molecule has 1 N–H and O–H groups in total. The number of hydrogen-bond acceptors (Lipinski definition) is 2. The SMILES string of the molecule is CCC(C)CC(O)c1ccc(C)cn1. The van der Waals surface area contributed by atoms with Crippen LogP contribution in [-0.2, 0) is 0 Å². The first kappa shape index (κ1) is 11.2. The molecule has 2 unspecified atom stereocenters. The van der Waals surface area contributed by atoms with Crippen LogP contribution in [0, 0.1) is 12.8 Å². The highest BCUT2D eigenvalue weighted by Gasteiger charge is 2.11. The maximum absolute atomic E-state index is 9.85. The van der Waals surface area contributed by atoms with Crippen molar-refractivity contribution < 1.29 is 5.11 Å². The molecule has 0 saturated heterocycles. The lowest BCUT2D eigenvalue weighted by atomic mass is 9.99. The maximum atomic E-state index is 9.85. The molecule has 14 heavy (non-hydrogen) atoms. The first-order valence-corrected chi connectivity index (χ1v) is 5.24. The van der Waals surface area contributed by atoms with E-state index < -0.39 is 6.10 Å². The van der Waals surface area contributed by atoms with E-state index in [0.29, 0.717) is 5.92 Å². The van der Waals surface area contributed by atoms with E-state index in [0.717, 1.165) is 24.1 Å². The topological polar surface area (TPSA) is 33.1 Å². The third kappa shape index (κ3) is 3.11. The first-order valence-electron chi connectivity index (χ1n) is 5.24. The molecule has 0 aliphatic carbocycles. The molecule has 2 nitrogen and oxygen atoms in total. The first-order chi connectivity index (χ1) is 6.63. The van der Waals surface area contributed by atoms with Crippen LogP contribution in [0.2, 0.25) is 0 Å². The predicted octanol–water partition coefficient (Wildman–Crippen LogP) is 2.86. The molecule has 2 atom stereocenters. The van der Waals surface area contributed by atoms with Crippen molar-refractivity contribution in [1.29, 1.82) is 0 Å². The Morgan fingerprint density at radius 1 is 1.43 bits per heavy atom. The highest BCUT2D eigenvalue weighted by atomic mass is 16.3. The monoisotopic (exact) mass is 193 g/mol. The number of aliphatic hydroxyl groups excluding tert-OH is 1. The van der Waals surface area contributed by atoms with Crippen LogP contribution < -0.4 is 0 Å².